The number of benzene rings is 1. The second kappa shape index (κ2) is 7.67. The van der Waals surface area contributed by atoms with Gasteiger partial charge in [0.15, 0.2) is 17.3 Å². The lowest BCUT2D eigenvalue weighted by molar-refractivity contribution is 0.0434. The lowest BCUT2D eigenvalue weighted by atomic mass is 9.55. The number of nitrogens with zero attached hydrogens (tertiary/aromatic N) is 1. The summed E-state index contributed by atoms with van der Waals surface area (Å²) in [6.45, 7) is 5.13. The van der Waals surface area contributed by atoms with Gasteiger partial charge in [0.25, 0.3) is 0 Å². The molecule has 0 bridgehead atoms. The predicted octanol–water partition coefficient (Wildman–Crippen LogP) is 3.84. The Balaban J connectivity index is 1.90. The van der Waals surface area contributed by atoms with E-state index in [2.05, 4.69) is 13.8 Å². The van der Waals surface area contributed by atoms with E-state index in [1.807, 2.05) is 6.07 Å². The van der Waals surface area contributed by atoms with Crippen molar-refractivity contribution in [3.63, 3.8) is 0 Å². The fraction of sp³-hybridized carbons (Fsp3) is 0.478. The van der Waals surface area contributed by atoms with Crippen LogP contribution >= 0.6 is 0 Å². The number of hydrogen-bond acceptors (Lipinski definition) is 5. The number of aromatic nitrogens is 1. The van der Waals surface area contributed by atoms with Crippen molar-refractivity contribution < 1.29 is 28.5 Å². The fourth-order valence-electron chi connectivity index (χ4n) is 5.01. The standard InChI is InChI=1S/C23H26FNO6/c1-23(2)10-14-12-8-17(31-7-5-6-29-3)16(30-4)9-13(12)19-18(24)20(26)15(22(27)28)11-25(19)21(14)23/h8-9,11,14,21H,5-7,10H2,1-4H3,(H,27,28). The van der Waals surface area contributed by atoms with Crippen LogP contribution in [0.4, 0.5) is 4.39 Å². The van der Waals surface area contributed by atoms with Crippen molar-refractivity contribution in [1.82, 2.24) is 4.57 Å². The highest BCUT2D eigenvalue weighted by molar-refractivity contribution is 5.88. The molecular formula is C23H26FNO6. The molecule has 1 aromatic heterocycles. The normalized spacial score (nSPS) is 20.2. The number of ether oxygens (including phenoxy) is 3. The highest BCUT2D eigenvalue weighted by Crippen LogP contribution is 2.64. The maximum absolute atomic E-state index is 15.3. The Morgan fingerprint density at radius 3 is 2.61 bits per heavy atom. The van der Waals surface area contributed by atoms with Crippen LogP contribution in [0.1, 0.15) is 54.6 Å². The Morgan fingerprint density at radius 2 is 2.00 bits per heavy atom. The van der Waals surface area contributed by atoms with Crippen LogP contribution in [0, 0.1) is 11.2 Å². The molecule has 1 aliphatic heterocycles. The van der Waals surface area contributed by atoms with Gasteiger partial charge in [-0.3, -0.25) is 4.79 Å². The van der Waals surface area contributed by atoms with Crippen molar-refractivity contribution in [2.75, 3.05) is 27.4 Å². The quantitative estimate of drug-likeness (QED) is 0.671. The third-order valence-electron chi connectivity index (χ3n) is 6.38. The largest absolute Gasteiger partial charge is 0.493 e. The molecule has 2 atom stereocenters. The first-order valence-corrected chi connectivity index (χ1v) is 10.2. The van der Waals surface area contributed by atoms with E-state index in [1.54, 1.807) is 17.7 Å². The zero-order valence-electron chi connectivity index (χ0n) is 18.0. The SMILES string of the molecule is COCCCOc1cc2c(cc1OC)-c1c(F)c(=O)c(C(=O)O)cn1C1C2CC1(C)C. The van der Waals surface area contributed by atoms with Gasteiger partial charge in [-0.1, -0.05) is 13.8 Å². The average Bonchev–Trinajstić information content (AvgIpc) is 2.71. The fourth-order valence-corrected chi connectivity index (χ4v) is 5.01. The maximum Gasteiger partial charge on any atom is 0.341 e. The lowest BCUT2D eigenvalue weighted by Gasteiger charge is -2.56. The number of aromatic carboxylic acids is 1. The third kappa shape index (κ3) is 3.29. The van der Waals surface area contributed by atoms with Gasteiger partial charge in [0, 0.05) is 43.9 Å². The van der Waals surface area contributed by atoms with Crippen LogP contribution in [-0.2, 0) is 4.74 Å². The Bertz CT molecular complexity index is 1110. The molecular weight excluding hydrogens is 405 g/mol. The van der Waals surface area contributed by atoms with Crippen LogP contribution in [0.15, 0.2) is 23.1 Å². The van der Waals surface area contributed by atoms with Gasteiger partial charge >= 0.3 is 5.97 Å². The molecule has 2 aromatic rings. The van der Waals surface area contributed by atoms with E-state index in [-0.39, 0.29) is 23.1 Å². The van der Waals surface area contributed by atoms with Crippen LogP contribution in [0.25, 0.3) is 11.3 Å². The van der Waals surface area contributed by atoms with E-state index < -0.39 is 22.8 Å². The van der Waals surface area contributed by atoms with E-state index >= 15 is 4.39 Å². The van der Waals surface area contributed by atoms with Gasteiger partial charge in [0.05, 0.1) is 19.4 Å². The zero-order chi connectivity index (χ0) is 22.5. The van der Waals surface area contributed by atoms with Crippen molar-refractivity contribution in [3.05, 3.63) is 45.5 Å². The molecule has 0 amide bonds. The lowest BCUT2D eigenvalue weighted by Crippen LogP contribution is -2.47. The zero-order valence-corrected chi connectivity index (χ0v) is 18.0. The number of pyridine rings is 1. The number of carbonyl (C=O) groups is 1. The van der Waals surface area contributed by atoms with E-state index in [0.717, 1.165) is 12.0 Å². The smallest absolute Gasteiger partial charge is 0.341 e. The second-order valence-electron chi connectivity index (χ2n) is 8.78. The van der Waals surface area contributed by atoms with Gasteiger partial charge in [0.1, 0.15) is 5.56 Å². The van der Waals surface area contributed by atoms with E-state index in [1.165, 1.54) is 13.3 Å². The summed E-state index contributed by atoms with van der Waals surface area (Å²) < 4.78 is 33.4. The average molecular weight is 431 g/mol. The first-order valence-electron chi connectivity index (χ1n) is 10.2. The van der Waals surface area contributed by atoms with Crippen LogP contribution in [0.2, 0.25) is 0 Å². The number of rotatable bonds is 7. The molecule has 31 heavy (non-hydrogen) atoms. The second-order valence-corrected chi connectivity index (χ2v) is 8.78. The molecule has 1 aromatic carbocycles. The van der Waals surface area contributed by atoms with Gasteiger partial charge in [-0.05, 0) is 29.5 Å². The maximum atomic E-state index is 15.3. The van der Waals surface area contributed by atoms with Crippen LogP contribution in [0.5, 0.6) is 11.5 Å². The van der Waals surface area contributed by atoms with Crippen molar-refractivity contribution in [3.8, 4) is 22.8 Å². The molecule has 4 rings (SSSR count). The molecule has 7 nitrogen and oxygen atoms in total. The molecule has 8 heteroatoms. The number of halogens is 1. The summed E-state index contributed by atoms with van der Waals surface area (Å²) in [5.74, 6) is -1.46. The van der Waals surface area contributed by atoms with Gasteiger partial charge in [-0.25, -0.2) is 9.18 Å². The summed E-state index contributed by atoms with van der Waals surface area (Å²) in [4.78, 5) is 24.0. The Labute approximate surface area is 179 Å². The summed E-state index contributed by atoms with van der Waals surface area (Å²) in [5, 5.41) is 9.40. The Hall–Kier alpha value is -2.87. The summed E-state index contributed by atoms with van der Waals surface area (Å²) in [6, 6.07) is 3.38. The molecule has 2 aliphatic rings. The molecule has 0 saturated heterocycles. The third-order valence-corrected chi connectivity index (χ3v) is 6.38. The number of hydrogen-bond donors (Lipinski definition) is 1. The van der Waals surface area contributed by atoms with Gasteiger partial charge in [-0.2, -0.15) is 0 Å². The van der Waals surface area contributed by atoms with Crippen LogP contribution < -0.4 is 14.9 Å². The number of carboxylic acids is 1. The minimum Gasteiger partial charge on any atom is -0.493 e. The summed E-state index contributed by atoms with van der Waals surface area (Å²) in [7, 11) is 3.13. The van der Waals surface area contributed by atoms with Crippen molar-refractivity contribution in [2.45, 2.75) is 38.6 Å². The Morgan fingerprint density at radius 1 is 1.26 bits per heavy atom. The Kier molecular flexibility index (Phi) is 5.29. The summed E-state index contributed by atoms with van der Waals surface area (Å²) in [5.41, 5.74) is -0.343. The van der Waals surface area contributed by atoms with Crippen molar-refractivity contribution in [2.24, 2.45) is 5.41 Å². The molecule has 1 fully saturated rings. The minimum atomic E-state index is -1.43. The number of carboxylic acid groups (broad SMARTS) is 1. The summed E-state index contributed by atoms with van der Waals surface area (Å²) >= 11 is 0. The number of methoxy groups -OCH3 is 2. The molecule has 166 valence electrons. The van der Waals surface area contributed by atoms with Gasteiger partial charge in [0.2, 0.25) is 5.43 Å². The topological polar surface area (TPSA) is 87.0 Å². The van der Waals surface area contributed by atoms with Crippen molar-refractivity contribution >= 4 is 5.97 Å². The highest BCUT2D eigenvalue weighted by Gasteiger charge is 2.53. The first kappa shape index (κ1) is 21.4. The molecule has 2 heterocycles. The van der Waals surface area contributed by atoms with E-state index in [9.17, 15) is 14.7 Å². The van der Waals surface area contributed by atoms with E-state index in [0.29, 0.717) is 36.7 Å². The molecule has 1 saturated carbocycles. The molecule has 0 radical (unpaired) electrons. The minimum absolute atomic E-state index is 0.0493. The molecule has 0 spiro atoms. The van der Waals surface area contributed by atoms with E-state index in [4.69, 9.17) is 14.2 Å². The highest BCUT2D eigenvalue weighted by atomic mass is 19.1. The molecule has 1 aliphatic carbocycles. The monoisotopic (exact) mass is 431 g/mol. The molecule has 1 N–H and O–H groups in total. The number of fused-ring (bicyclic) bond motifs is 6. The van der Waals surface area contributed by atoms with Crippen molar-refractivity contribution in [1.29, 1.82) is 0 Å². The predicted molar refractivity (Wildman–Crippen MR) is 112 cm³/mol. The molecule has 2 unspecified atom stereocenters. The summed E-state index contributed by atoms with van der Waals surface area (Å²) in [6.07, 6.45) is 2.84. The first-order chi connectivity index (χ1) is 14.7. The van der Waals surface area contributed by atoms with Crippen LogP contribution in [0.3, 0.4) is 0 Å². The van der Waals surface area contributed by atoms with Gasteiger partial charge < -0.3 is 23.9 Å². The van der Waals surface area contributed by atoms with Crippen LogP contribution in [-0.4, -0.2) is 43.1 Å². The van der Waals surface area contributed by atoms with Gasteiger partial charge in [-0.15, -0.1) is 0 Å².